The molecule has 0 aliphatic carbocycles. The Hall–Kier alpha value is -0.610. The third-order valence-corrected chi connectivity index (χ3v) is 5.69. The quantitative estimate of drug-likeness (QED) is 0.836. The molecule has 0 amide bonds. The van der Waals surface area contributed by atoms with Crippen LogP contribution in [-0.4, -0.2) is 23.1 Å². The van der Waals surface area contributed by atoms with Crippen molar-refractivity contribution in [2.24, 2.45) is 0 Å². The van der Waals surface area contributed by atoms with Gasteiger partial charge in [-0.1, -0.05) is 27.7 Å². The van der Waals surface area contributed by atoms with E-state index in [1.54, 1.807) is 0 Å². The normalized spacial score (nSPS) is 19.5. The number of nitrogens with zero attached hydrogens (tertiary/aromatic N) is 2. The lowest BCUT2D eigenvalue weighted by atomic mass is 10.0. The van der Waals surface area contributed by atoms with Gasteiger partial charge < -0.3 is 10.2 Å². The molecule has 3 nitrogen and oxygen atoms in total. The second kappa shape index (κ2) is 6.66. The fourth-order valence-corrected chi connectivity index (χ4v) is 4.25. The number of hydrogen-bond acceptors (Lipinski definition) is 4. The minimum atomic E-state index is 0.257. The molecule has 0 radical (unpaired) electrons. The number of rotatable bonds is 6. The second-order valence-electron chi connectivity index (χ2n) is 7.22. The third-order valence-electron chi connectivity index (χ3n) is 4.60. The van der Waals surface area contributed by atoms with Crippen LogP contribution < -0.4 is 10.2 Å². The van der Waals surface area contributed by atoms with Gasteiger partial charge in [0.1, 0.15) is 0 Å². The van der Waals surface area contributed by atoms with Gasteiger partial charge in [0.05, 0.1) is 5.69 Å². The molecule has 1 N–H and O–H groups in total. The standard InChI is InChI=1S/C17H31N3S/c1-7-13(4)15-14(11-18-12(2)3)21-16(19-15)20-10-8-9-17(20,5)6/h12-13,18H,7-11H2,1-6H3. The number of hydrogen-bond donors (Lipinski definition) is 1. The van der Waals surface area contributed by atoms with E-state index >= 15 is 0 Å². The van der Waals surface area contributed by atoms with Crippen molar-refractivity contribution in [3.8, 4) is 0 Å². The lowest BCUT2D eigenvalue weighted by Crippen LogP contribution is -2.38. The average Bonchev–Trinajstić information content (AvgIpc) is 2.98. The monoisotopic (exact) mass is 309 g/mol. The minimum absolute atomic E-state index is 0.257. The molecule has 1 aromatic rings. The van der Waals surface area contributed by atoms with E-state index in [-0.39, 0.29) is 5.54 Å². The molecule has 1 saturated heterocycles. The molecular formula is C17H31N3S. The van der Waals surface area contributed by atoms with Crippen molar-refractivity contribution in [1.29, 1.82) is 0 Å². The molecule has 2 heterocycles. The molecule has 2 rings (SSSR count). The van der Waals surface area contributed by atoms with Crippen LogP contribution in [0, 0.1) is 0 Å². The molecule has 0 bridgehead atoms. The Morgan fingerprint density at radius 1 is 1.33 bits per heavy atom. The first kappa shape index (κ1) is 16.8. The predicted octanol–water partition coefficient (Wildman–Crippen LogP) is 4.53. The van der Waals surface area contributed by atoms with E-state index in [0.717, 1.165) is 19.5 Å². The fourth-order valence-electron chi connectivity index (χ4n) is 2.93. The summed E-state index contributed by atoms with van der Waals surface area (Å²) in [5.41, 5.74) is 1.57. The van der Waals surface area contributed by atoms with Crippen LogP contribution in [0.2, 0.25) is 0 Å². The SMILES string of the molecule is CCC(C)c1nc(N2CCCC2(C)C)sc1CNC(C)C. The first-order valence-electron chi connectivity index (χ1n) is 8.35. The lowest BCUT2D eigenvalue weighted by Gasteiger charge is -2.31. The molecule has 0 saturated carbocycles. The molecule has 1 unspecified atom stereocenters. The summed E-state index contributed by atoms with van der Waals surface area (Å²) in [4.78, 5) is 8.98. The summed E-state index contributed by atoms with van der Waals surface area (Å²) < 4.78 is 0. The highest BCUT2D eigenvalue weighted by atomic mass is 32.1. The van der Waals surface area contributed by atoms with Gasteiger partial charge in [0.2, 0.25) is 0 Å². The Kier molecular flexibility index (Phi) is 5.31. The average molecular weight is 310 g/mol. The van der Waals surface area contributed by atoms with E-state index in [2.05, 4.69) is 51.8 Å². The molecule has 21 heavy (non-hydrogen) atoms. The smallest absolute Gasteiger partial charge is 0.186 e. The summed E-state index contributed by atoms with van der Waals surface area (Å²) >= 11 is 1.90. The van der Waals surface area contributed by atoms with Crippen LogP contribution in [0.5, 0.6) is 0 Å². The summed E-state index contributed by atoms with van der Waals surface area (Å²) in [6.45, 7) is 15.7. The third kappa shape index (κ3) is 3.78. The molecule has 4 heteroatoms. The van der Waals surface area contributed by atoms with Crippen LogP contribution in [0.3, 0.4) is 0 Å². The van der Waals surface area contributed by atoms with Gasteiger partial charge in [-0.3, -0.25) is 0 Å². The molecule has 0 aromatic carbocycles. The van der Waals surface area contributed by atoms with Crippen molar-refractivity contribution in [2.45, 2.75) is 84.8 Å². The van der Waals surface area contributed by atoms with Crippen LogP contribution in [0.25, 0.3) is 0 Å². The summed E-state index contributed by atoms with van der Waals surface area (Å²) in [7, 11) is 0. The van der Waals surface area contributed by atoms with Crippen LogP contribution >= 0.6 is 11.3 Å². The number of nitrogens with one attached hydrogen (secondary N) is 1. The zero-order chi connectivity index (χ0) is 15.6. The van der Waals surface area contributed by atoms with Gasteiger partial charge >= 0.3 is 0 Å². The van der Waals surface area contributed by atoms with Gasteiger partial charge in [0, 0.05) is 29.5 Å². The number of thiazole rings is 1. The minimum Gasteiger partial charge on any atom is -0.343 e. The van der Waals surface area contributed by atoms with E-state index in [9.17, 15) is 0 Å². The Morgan fingerprint density at radius 3 is 2.57 bits per heavy atom. The largest absolute Gasteiger partial charge is 0.343 e. The number of anilines is 1. The van der Waals surface area contributed by atoms with Crippen molar-refractivity contribution in [3.05, 3.63) is 10.6 Å². The molecule has 1 fully saturated rings. The van der Waals surface area contributed by atoms with E-state index < -0.39 is 0 Å². The summed E-state index contributed by atoms with van der Waals surface area (Å²) in [6.07, 6.45) is 3.71. The van der Waals surface area contributed by atoms with Crippen molar-refractivity contribution in [2.75, 3.05) is 11.4 Å². The van der Waals surface area contributed by atoms with E-state index in [1.165, 1.54) is 28.5 Å². The molecule has 0 spiro atoms. The van der Waals surface area contributed by atoms with E-state index in [4.69, 9.17) is 4.98 Å². The van der Waals surface area contributed by atoms with Gasteiger partial charge in [-0.25, -0.2) is 4.98 Å². The highest BCUT2D eigenvalue weighted by Crippen LogP contribution is 2.39. The first-order valence-corrected chi connectivity index (χ1v) is 9.17. The first-order chi connectivity index (χ1) is 9.85. The Labute approximate surface area is 134 Å². The van der Waals surface area contributed by atoms with Gasteiger partial charge in [-0.2, -0.15) is 0 Å². The summed E-state index contributed by atoms with van der Waals surface area (Å²) in [5.74, 6) is 0.546. The number of aromatic nitrogens is 1. The summed E-state index contributed by atoms with van der Waals surface area (Å²) in [5, 5.41) is 4.79. The molecule has 1 aliphatic heterocycles. The lowest BCUT2D eigenvalue weighted by molar-refractivity contribution is 0.516. The Balaban J connectivity index is 2.27. The van der Waals surface area contributed by atoms with Crippen molar-refractivity contribution >= 4 is 16.5 Å². The maximum absolute atomic E-state index is 5.04. The maximum Gasteiger partial charge on any atom is 0.186 e. The second-order valence-corrected chi connectivity index (χ2v) is 8.28. The van der Waals surface area contributed by atoms with Gasteiger partial charge in [0.15, 0.2) is 5.13 Å². The highest BCUT2D eigenvalue weighted by Gasteiger charge is 2.34. The van der Waals surface area contributed by atoms with E-state index in [0.29, 0.717) is 12.0 Å². The molecule has 120 valence electrons. The fraction of sp³-hybridized carbons (Fsp3) is 0.824. The predicted molar refractivity (Wildman–Crippen MR) is 93.5 cm³/mol. The maximum atomic E-state index is 5.04. The molecule has 1 aromatic heterocycles. The van der Waals surface area contributed by atoms with Gasteiger partial charge in [-0.15, -0.1) is 11.3 Å². The van der Waals surface area contributed by atoms with Crippen LogP contribution in [-0.2, 0) is 6.54 Å². The zero-order valence-corrected chi connectivity index (χ0v) is 15.3. The van der Waals surface area contributed by atoms with Crippen LogP contribution in [0.15, 0.2) is 0 Å². The van der Waals surface area contributed by atoms with Crippen molar-refractivity contribution < 1.29 is 0 Å². The Bertz CT molecular complexity index is 465. The molecule has 1 atom stereocenters. The van der Waals surface area contributed by atoms with Crippen molar-refractivity contribution in [1.82, 2.24) is 10.3 Å². The summed E-state index contributed by atoms with van der Waals surface area (Å²) in [6, 6.07) is 0.517. The van der Waals surface area contributed by atoms with Crippen LogP contribution in [0.4, 0.5) is 5.13 Å². The topological polar surface area (TPSA) is 28.2 Å². The Morgan fingerprint density at radius 2 is 2.05 bits per heavy atom. The van der Waals surface area contributed by atoms with E-state index in [1.807, 2.05) is 11.3 Å². The molecule has 1 aliphatic rings. The van der Waals surface area contributed by atoms with Crippen molar-refractivity contribution in [3.63, 3.8) is 0 Å². The zero-order valence-electron chi connectivity index (χ0n) is 14.5. The van der Waals surface area contributed by atoms with Crippen LogP contribution in [0.1, 0.15) is 77.3 Å². The van der Waals surface area contributed by atoms with Gasteiger partial charge in [-0.05, 0) is 39.0 Å². The highest BCUT2D eigenvalue weighted by molar-refractivity contribution is 7.15. The molecular weight excluding hydrogens is 278 g/mol. The van der Waals surface area contributed by atoms with Gasteiger partial charge in [0.25, 0.3) is 0 Å².